The van der Waals surface area contributed by atoms with Crippen LogP contribution in [-0.2, 0) is 0 Å². The van der Waals surface area contributed by atoms with E-state index in [2.05, 4.69) is 10.4 Å². The van der Waals surface area contributed by atoms with Crippen molar-refractivity contribution in [2.75, 3.05) is 12.4 Å². The fourth-order valence-corrected chi connectivity index (χ4v) is 3.28. The van der Waals surface area contributed by atoms with Gasteiger partial charge in [-0.2, -0.15) is 5.10 Å². The molecule has 5 nitrogen and oxygen atoms in total. The van der Waals surface area contributed by atoms with Crippen LogP contribution in [0, 0.1) is 5.82 Å². The maximum absolute atomic E-state index is 13.2. The summed E-state index contributed by atoms with van der Waals surface area (Å²) in [6.45, 7) is 0. The van der Waals surface area contributed by atoms with E-state index in [9.17, 15) is 9.18 Å². The number of nitrogens with one attached hydrogen (secondary N) is 1. The number of methoxy groups -OCH3 is 1. The van der Waals surface area contributed by atoms with Gasteiger partial charge in [-0.3, -0.25) is 4.79 Å². The first-order valence-electron chi connectivity index (χ1n) is 9.21. The molecule has 1 aromatic heterocycles. The van der Waals surface area contributed by atoms with E-state index in [1.807, 2.05) is 24.3 Å². The molecule has 1 heterocycles. The summed E-state index contributed by atoms with van der Waals surface area (Å²) < 4.78 is 19.9. The average molecular weight is 456 g/mol. The Balaban J connectivity index is 1.76. The van der Waals surface area contributed by atoms with Crippen LogP contribution in [0.4, 0.5) is 10.1 Å². The average Bonchev–Trinajstić information content (AvgIpc) is 3.23. The minimum atomic E-state index is -0.412. The molecule has 1 amide bonds. The summed E-state index contributed by atoms with van der Waals surface area (Å²) in [5, 5.41) is 8.10. The number of aromatic nitrogens is 2. The summed E-state index contributed by atoms with van der Waals surface area (Å²) in [6, 6.07) is 19.5. The number of nitrogens with zero attached hydrogens (tertiary/aromatic N) is 2. The van der Waals surface area contributed by atoms with Crippen molar-refractivity contribution in [2.45, 2.75) is 0 Å². The van der Waals surface area contributed by atoms with Crippen molar-refractivity contribution in [3.8, 4) is 22.7 Å². The molecule has 0 unspecified atom stereocenters. The molecule has 3 aromatic carbocycles. The molecule has 156 valence electrons. The largest absolute Gasteiger partial charge is 0.497 e. The molecule has 0 saturated heterocycles. The van der Waals surface area contributed by atoms with Gasteiger partial charge in [-0.05, 0) is 72.8 Å². The molecule has 4 aromatic rings. The third-order valence-electron chi connectivity index (χ3n) is 4.58. The van der Waals surface area contributed by atoms with E-state index >= 15 is 0 Å². The molecule has 0 radical (unpaired) electrons. The van der Waals surface area contributed by atoms with Gasteiger partial charge in [0, 0.05) is 11.3 Å². The SMILES string of the molecule is COc1ccc(-c2cc(C(=O)Nc3ccc(F)cc3)n(-c3ccc(Cl)c(Cl)c3)n2)cc1. The zero-order valence-corrected chi connectivity index (χ0v) is 17.8. The Morgan fingerprint density at radius 2 is 1.68 bits per heavy atom. The molecule has 0 fully saturated rings. The van der Waals surface area contributed by atoms with Crippen LogP contribution in [0.5, 0.6) is 5.75 Å². The summed E-state index contributed by atoms with van der Waals surface area (Å²) in [4.78, 5) is 13.0. The predicted octanol–water partition coefficient (Wildman–Crippen LogP) is 6.25. The topological polar surface area (TPSA) is 56.1 Å². The number of carbonyl (C=O) groups excluding carboxylic acids is 1. The Morgan fingerprint density at radius 3 is 2.32 bits per heavy atom. The van der Waals surface area contributed by atoms with Crippen LogP contribution in [0.3, 0.4) is 0 Å². The molecule has 0 spiro atoms. The Hall–Kier alpha value is -3.35. The number of ether oxygens (including phenoxy) is 1. The highest BCUT2D eigenvalue weighted by Crippen LogP contribution is 2.28. The normalized spacial score (nSPS) is 10.7. The van der Waals surface area contributed by atoms with Gasteiger partial charge in [0.25, 0.3) is 5.91 Å². The van der Waals surface area contributed by atoms with Gasteiger partial charge >= 0.3 is 0 Å². The van der Waals surface area contributed by atoms with Crippen LogP contribution in [0.2, 0.25) is 10.0 Å². The predicted molar refractivity (Wildman–Crippen MR) is 120 cm³/mol. The van der Waals surface area contributed by atoms with E-state index in [1.165, 1.54) is 28.9 Å². The molecule has 4 rings (SSSR count). The lowest BCUT2D eigenvalue weighted by molar-refractivity contribution is 0.101. The maximum atomic E-state index is 13.2. The highest BCUT2D eigenvalue weighted by atomic mass is 35.5. The molecule has 0 aliphatic rings. The lowest BCUT2D eigenvalue weighted by atomic mass is 10.1. The van der Waals surface area contributed by atoms with Crippen LogP contribution in [0.1, 0.15) is 10.5 Å². The minimum absolute atomic E-state index is 0.272. The van der Waals surface area contributed by atoms with Gasteiger partial charge in [-0.1, -0.05) is 23.2 Å². The lowest BCUT2D eigenvalue weighted by Gasteiger charge is -2.09. The molecule has 0 aliphatic heterocycles. The van der Waals surface area contributed by atoms with Crippen molar-refractivity contribution < 1.29 is 13.9 Å². The summed E-state index contributed by atoms with van der Waals surface area (Å²) in [6.07, 6.45) is 0. The van der Waals surface area contributed by atoms with Crippen molar-refractivity contribution in [3.05, 3.63) is 94.4 Å². The number of amides is 1. The van der Waals surface area contributed by atoms with Crippen LogP contribution < -0.4 is 10.1 Å². The molecule has 31 heavy (non-hydrogen) atoms. The molecule has 8 heteroatoms. The first kappa shape index (κ1) is 20.9. The van der Waals surface area contributed by atoms with Crippen LogP contribution in [0.25, 0.3) is 16.9 Å². The van der Waals surface area contributed by atoms with Gasteiger partial charge in [0.15, 0.2) is 0 Å². The van der Waals surface area contributed by atoms with Gasteiger partial charge in [-0.25, -0.2) is 9.07 Å². The molecule has 0 bridgehead atoms. The smallest absolute Gasteiger partial charge is 0.274 e. The van der Waals surface area contributed by atoms with Crippen molar-refractivity contribution in [3.63, 3.8) is 0 Å². The molecule has 0 atom stereocenters. The summed E-state index contributed by atoms with van der Waals surface area (Å²) in [7, 11) is 1.59. The molecule has 1 N–H and O–H groups in total. The quantitative estimate of drug-likeness (QED) is 0.387. The highest BCUT2D eigenvalue weighted by molar-refractivity contribution is 6.42. The first-order chi connectivity index (χ1) is 14.9. The lowest BCUT2D eigenvalue weighted by Crippen LogP contribution is -2.17. The maximum Gasteiger partial charge on any atom is 0.274 e. The van der Waals surface area contributed by atoms with E-state index in [4.69, 9.17) is 27.9 Å². The first-order valence-corrected chi connectivity index (χ1v) is 9.97. The van der Waals surface area contributed by atoms with Crippen molar-refractivity contribution >= 4 is 34.8 Å². The summed E-state index contributed by atoms with van der Waals surface area (Å²) >= 11 is 12.2. The monoisotopic (exact) mass is 455 g/mol. The minimum Gasteiger partial charge on any atom is -0.497 e. The fourth-order valence-electron chi connectivity index (χ4n) is 2.99. The van der Waals surface area contributed by atoms with Crippen molar-refractivity contribution in [2.24, 2.45) is 0 Å². The molecular formula is C23H16Cl2FN3O2. The Kier molecular flexibility index (Phi) is 5.93. The van der Waals surface area contributed by atoms with E-state index < -0.39 is 5.91 Å². The number of hydrogen-bond acceptors (Lipinski definition) is 3. The molecule has 0 saturated carbocycles. The summed E-state index contributed by atoms with van der Waals surface area (Å²) in [5.41, 5.74) is 2.68. The third-order valence-corrected chi connectivity index (χ3v) is 5.32. The number of carbonyl (C=O) groups is 1. The number of anilines is 1. The van der Waals surface area contributed by atoms with Gasteiger partial charge in [0.1, 0.15) is 17.3 Å². The highest BCUT2D eigenvalue weighted by Gasteiger charge is 2.19. The fraction of sp³-hybridized carbons (Fsp3) is 0.0435. The van der Waals surface area contributed by atoms with E-state index in [1.54, 1.807) is 31.4 Å². The zero-order chi connectivity index (χ0) is 22.0. The number of rotatable bonds is 5. The van der Waals surface area contributed by atoms with Crippen LogP contribution >= 0.6 is 23.2 Å². The Bertz CT molecular complexity index is 1240. The summed E-state index contributed by atoms with van der Waals surface area (Å²) in [5.74, 6) is -0.0903. The second-order valence-electron chi connectivity index (χ2n) is 6.61. The number of hydrogen-bond donors (Lipinski definition) is 1. The molecule has 0 aliphatic carbocycles. The van der Waals surface area contributed by atoms with E-state index in [0.717, 1.165) is 5.56 Å². The van der Waals surface area contributed by atoms with Gasteiger partial charge < -0.3 is 10.1 Å². The van der Waals surface area contributed by atoms with E-state index in [0.29, 0.717) is 32.9 Å². The molecular weight excluding hydrogens is 440 g/mol. The second kappa shape index (κ2) is 8.79. The Labute approximate surface area is 188 Å². The van der Waals surface area contributed by atoms with Crippen molar-refractivity contribution in [1.82, 2.24) is 9.78 Å². The standard InChI is InChI=1S/C23H16Cl2FN3O2/c1-31-18-9-2-14(3-10-18)21-13-22(23(30)27-16-6-4-15(26)5-7-16)29(28-21)17-8-11-19(24)20(25)12-17/h2-13H,1H3,(H,27,30). The van der Waals surface area contributed by atoms with Crippen molar-refractivity contribution in [1.29, 1.82) is 0 Å². The third kappa shape index (κ3) is 4.55. The second-order valence-corrected chi connectivity index (χ2v) is 7.43. The van der Waals surface area contributed by atoms with Gasteiger partial charge in [0.2, 0.25) is 0 Å². The van der Waals surface area contributed by atoms with Crippen LogP contribution in [-0.4, -0.2) is 22.8 Å². The Morgan fingerprint density at radius 1 is 0.968 bits per heavy atom. The number of benzene rings is 3. The van der Waals surface area contributed by atoms with Gasteiger partial charge in [-0.15, -0.1) is 0 Å². The van der Waals surface area contributed by atoms with Gasteiger partial charge in [0.05, 0.1) is 28.5 Å². The van der Waals surface area contributed by atoms with E-state index in [-0.39, 0.29) is 11.5 Å². The zero-order valence-electron chi connectivity index (χ0n) is 16.3. The number of halogens is 3. The van der Waals surface area contributed by atoms with Crippen LogP contribution in [0.15, 0.2) is 72.8 Å².